The normalized spacial score (nSPS) is 10.7. The molecule has 18 heavy (non-hydrogen) atoms. The fraction of sp³-hybridized carbons (Fsp3) is 0.333. The average molecular weight is 265 g/mol. The SMILES string of the molecule is CCc1nn(-c2cc(C)nc(C)n2)c(Cl)c1C=O. The van der Waals surface area contributed by atoms with Gasteiger partial charge in [-0.1, -0.05) is 18.5 Å². The number of carbonyl (C=O) groups is 1. The molecule has 0 atom stereocenters. The smallest absolute Gasteiger partial charge is 0.159 e. The molecule has 94 valence electrons. The topological polar surface area (TPSA) is 60.7 Å². The van der Waals surface area contributed by atoms with Crippen molar-refractivity contribution in [1.29, 1.82) is 0 Å². The molecule has 0 bridgehead atoms. The summed E-state index contributed by atoms with van der Waals surface area (Å²) in [5, 5.41) is 4.61. The first-order valence-electron chi connectivity index (χ1n) is 5.62. The van der Waals surface area contributed by atoms with E-state index >= 15 is 0 Å². The summed E-state index contributed by atoms with van der Waals surface area (Å²) >= 11 is 6.16. The Bertz CT molecular complexity index is 586. The van der Waals surface area contributed by atoms with Crippen LogP contribution >= 0.6 is 11.6 Å². The van der Waals surface area contributed by atoms with Gasteiger partial charge in [0.2, 0.25) is 0 Å². The van der Waals surface area contributed by atoms with Gasteiger partial charge >= 0.3 is 0 Å². The van der Waals surface area contributed by atoms with E-state index in [1.807, 2.05) is 13.8 Å². The lowest BCUT2D eigenvalue weighted by Gasteiger charge is -2.04. The molecule has 0 radical (unpaired) electrons. The van der Waals surface area contributed by atoms with Gasteiger partial charge in [-0.05, 0) is 20.3 Å². The predicted octanol–water partition coefficient (Wildman–Crippen LogP) is 2.31. The van der Waals surface area contributed by atoms with Gasteiger partial charge in [-0.3, -0.25) is 4.79 Å². The summed E-state index contributed by atoms with van der Waals surface area (Å²) < 4.78 is 1.48. The molecule has 0 aliphatic heterocycles. The second kappa shape index (κ2) is 4.86. The highest BCUT2D eigenvalue weighted by atomic mass is 35.5. The molecule has 2 aromatic heterocycles. The maximum absolute atomic E-state index is 11.0. The molecule has 0 aromatic carbocycles. The number of aromatic nitrogens is 4. The van der Waals surface area contributed by atoms with Crippen LogP contribution < -0.4 is 0 Å². The molecule has 2 aromatic rings. The van der Waals surface area contributed by atoms with Crippen molar-refractivity contribution < 1.29 is 4.79 Å². The summed E-state index contributed by atoms with van der Waals surface area (Å²) in [4.78, 5) is 19.5. The van der Waals surface area contributed by atoms with Crippen LogP contribution in [0, 0.1) is 13.8 Å². The van der Waals surface area contributed by atoms with Crippen molar-refractivity contribution in [3.63, 3.8) is 0 Å². The maximum atomic E-state index is 11.0. The molecule has 0 amide bonds. The minimum absolute atomic E-state index is 0.291. The van der Waals surface area contributed by atoms with Crippen molar-refractivity contribution in [1.82, 2.24) is 19.7 Å². The molecular weight excluding hydrogens is 252 g/mol. The molecule has 2 rings (SSSR count). The highest BCUT2D eigenvalue weighted by Gasteiger charge is 2.16. The van der Waals surface area contributed by atoms with E-state index in [1.165, 1.54) is 4.68 Å². The van der Waals surface area contributed by atoms with E-state index < -0.39 is 0 Å². The summed E-state index contributed by atoms with van der Waals surface area (Å²) in [5.74, 6) is 1.22. The van der Waals surface area contributed by atoms with E-state index in [0.717, 1.165) is 12.0 Å². The third-order valence-electron chi connectivity index (χ3n) is 2.56. The number of hydrogen-bond acceptors (Lipinski definition) is 4. The van der Waals surface area contributed by atoms with E-state index in [1.54, 1.807) is 13.0 Å². The molecule has 6 heteroatoms. The molecule has 0 saturated heterocycles. The van der Waals surface area contributed by atoms with Crippen molar-refractivity contribution in [2.45, 2.75) is 27.2 Å². The number of carbonyl (C=O) groups excluding carboxylic acids is 1. The van der Waals surface area contributed by atoms with Crippen LogP contribution in [0.5, 0.6) is 0 Å². The fourth-order valence-electron chi connectivity index (χ4n) is 1.79. The number of halogens is 1. The molecule has 0 aliphatic carbocycles. The number of hydrogen-bond donors (Lipinski definition) is 0. The summed E-state index contributed by atoms with van der Waals surface area (Å²) in [6.07, 6.45) is 1.37. The maximum Gasteiger partial charge on any atom is 0.159 e. The van der Waals surface area contributed by atoms with Crippen molar-refractivity contribution in [2.75, 3.05) is 0 Å². The second-order valence-electron chi connectivity index (χ2n) is 3.95. The highest BCUT2D eigenvalue weighted by molar-refractivity contribution is 6.32. The minimum Gasteiger partial charge on any atom is -0.298 e. The average Bonchev–Trinajstić information content (AvgIpc) is 2.64. The molecular formula is C12H13ClN4O. The Hall–Kier alpha value is -1.75. The standard InChI is InChI=1S/C12H13ClN4O/c1-4-10-9(6-18)12(13)17(16-10)11-5-7(2)14-8(3)15-11/h5-6H,4H2,1-3H3. The van der Waals surface area contributed by atoms with Crippen LogP contribution in [0.3, 0.4) is 0 Å². The van der Waals surface area contributed by atoms with Crippen LogP contribution in [-0.2, 0) is 6.42 Å². The Morgan fingerprint density at radius 1 is 1.39 bits per heavy atom. The lowest BCUT2D eigenvalue weighted by atomic mass is 10.2. The number of nitrogens with zero attached hydrogens (tertiary/aromatic N) is 4. The van der Waals surface area contributed by atoms with Gasteiger partial charge in [0.05, 0.1) is 11.3 Å². The predicted molar refractivity (Wildman–Crippen MR) is 68.4 cm³/mol. The van der Waals surface area contributed by atoms with Crippen LogP contribution in [0.25, 0.3) is 5.82 Å². The third-order valence-corrected chi connectivity index (χ3v) is 2.93. The molecule has 0 aliphatic rings. The van der Waals surface area contributed by atoms with Crippen LogP contribution in [-0.4, -0.2) is 26.0 Å². The van der Waals surface area contributed by atoms with Crippen molar-refractivity contribution in [2.24, 2.45) is 0 Å². The third kappa shape index (κ3) is 2.13. The summed E-state index contributed by atoms with van der Waals surface area (Å²) in [5.41, 5.74) is 1.92. The van der Waals surface area contributed by atoms with Crippen LogP contribution in [0.15, 0.2) is 6.07 Å². The fourth-order valence-corrected chi connectivity index (χ4v) is 2.07. The zero-order valence-corrected chi connectivity index (χ0v) is 11.2. The number of rotatable bonds is 3. The van der Waals surface area contributed by atoms with Gasteiger partial charge in [-0.2, -0.15) is 5.10 Å². The second-order valence-corrected chi connectivity index (χ2v) is 4.31. The van der Waals surface area contributed by atoms with Crippen LogP contribution in [0.4, 0.5) is 0 Å². The van der Waals surface area contributed by atoms with Crippen molar-refractivity contribution in [3.05, 3.63) is 34.0 Å². The Kier molecular flexibility index (Phi) is 3.43. The van der Waals surface area contributed by atoms with E-state index in [0.29, 0.717) is 34.5 Å². The van der Waals surface area contributed by atoms with E-state index in [-0.39, 0.29) is 0 Å². The molecule has 2 heterocycles. The van der Waals surface area contributed by atoms with Gasteiger partial charge in [0.15, 0.2) is 12.1 Å². The molecule has 0 unspecified atom stereocenters. The van der Waals surface area contributed by atoms with Gasteiger partial charge in [-0.25, -0.2) is 14.6 Å². The molecule has 0 saturated carbocycles. The number of aldehydes is 1. The van der Waals surface area contributed by atoms with Crippen molar-refractivity contribution >= 4 is 17.9 Å². The van der Waals surface area contributed by atoms with Crippen LogP contribution in [0.1, 0.15) is 34.5 Å². The summed E-state index contributed by atoms with van der Waals surface area (Å²) in [6, 6.07) is 1.78. The first-order chi connectivity index (χ1) is 8.56. The van der Waals surface area contributed by atoms with Gasteiger partial charge in [0.1, 0.15) is 11.0 Å². The Morgan fingerprint density at radius 3 is 2.61 bits per heavy atom. The first kappa shape index (κ1) is 12.7. The van der Waals surface area contributed by atoms with E-state index in [4.69, 9.17) is 11.6 Å². The molecule has 0 N–H and O–H groups in total. The molecule has 5 nitrogen and oxygen atoms in total. The lowest BCUT2D eigenvalue weighted by Crippen LogP contribution is -2.04. The summed E-state index contributed by atoms with van der Waals surface area (Å²) in [6.45, 7) is 5.60. The Labute approximate surface area is 110 Å². The van der Waals surface area contributed by atoms with Gasteiger partial charge < -0.3 is 0 Å². The van der Waals surface area contributed by atoms with E-state index in [2.05, 4.69) is 15.1 Å². The molecule has 0 spiro atoms. The first-order valence-corrected chi connectivity index (χ1v) is 5.99. The zero-order valence-electron chi connectivity index (χ0n) is 10.4. The van der Waals surface area contributed by atoms with Gasteiger partial charge in [0.25, 0.3) is 0 Å². The number of aryl methyl sites for hydroxylation is 3. The summed E-state index contributed by atoms with van der Waals surface area (Å²) in [7, 11) is 0. The van der Waals surface area contributed by atoms with Gasteiger partial charge in [0, 0.05) is 11.8 Å². The van der Waals surface area contributed by atoms with E-state index in [9.17, 15) is 4.79 Å². The molecule has 0 fully saturated rings. The zero-order chi connectivity index (χ0) is 13.3. The Morgan fingerprint density at radius 2 is 2.11 bits per heavy atom. The minimum atomic E-state index is 0.291. The largest absolute Gasteiger partial charge is 0.298 e. The van der Waals surface area contributed by atoms with Crippen molar-refractivity contribution in [3.8, 4) is 5.82 Å². The van der Waals surface area contributed by atoms with Gasteiger partial charge in [-0.15, -0.1) is 0 Å². The lowest BCUT2D eigenvalue weighted by molar-refractivity contribution is 0.112. The quantitative estimate of drug-likeness (QED) is 0.798. The van der Waals surface area contributed by atoms with Crippen LogP contribution in [0.2, 0.25) is 5.15 Å². The Balaban J connectivity index is 2.63. The monoisotopic (exact) mass is 264 g/mol. The highest BCUT2D eigenvalue weighted by Crippen LogP contribution is 2.22.